The number of nitrogens with one attached hydrogen (secondary N) is 4. The number of benzene rings is 2. The van der Waals surface area contributed by atoms with Gasteiger partial charge in [0.15, 0.2) is 0 Å². The average Bonchev–Trinajstić information content (AvgIpc) is 3.27. The second-order valence-corrected chi connectivity index (χ2v) is 17.3. The van der Waals surface area contributed by atoms with Crippen LogP contribution >= 0.6 is 0 Å². The molecule has 0 fully saturated rings. The largest absolute Gasteiger partial charge is 0.507 e. The number of nitrogens with zero attached hydrogens (tertiary/aromatic N) is 2. The van der Waals surface area contributed by atoms with Gasteiger partial charge < -0.3 is 52.1 Å². The number of fused-ring (bicyclic) bond motifs is 5. The maximum Gasteiger partial charge on any atom is 0.326 e. The van der Waals surface area contributed by atoms with E-state index < -0.39 is 72.3 Å². The number of aliphatic carboxylic acids is 1. The summed E-state index contributed by atoms with van der Waals surface area (Å²) in [4.78, 5) is 95.3. The summed E-state index contributed by atoms with van der Waals surface area (Å²) in [6, 6.07) is 2.21. The van der Waals surface area contributed by atoms with E-state index in [1.165, 1.54) is 120 Å². The Morgan fingerprint density at radius 3 is 1.92 bits per heavy atom. The zero-order valence-corrected chi connectivity index (χ0v) is 39.0. The van der Waals surface area contributed by atoms with Crippen LogP contribution in [-0.4, -0.2) is 118 Å². The third-order valence-corrected chi connectivity index (χ3v) is 12.0. The van der Waals surface area contributed by atoms with Crippen LogP contribution in [0, 0.1) is 0 Å². The molecule has 17 heteroatoms. The van der Waals surface area contributed by atoms with Gasteiger partial charge in [0.05, 0.1) is 6.54 Å². The highest BCUT2D eigenvalue weighted by Crippen LogP contribution is 2.38. The van der Waals surface area contributed by atoms with E-state index in [4.69, 9.17) is 5.73 Å². The van der Waals surface area contributed by atoms with E-state index in [1.54, 1.807) is 7.05 Å². The van der Waals surface area contributed by atoms with Crippen molar-refractivity contribution in [2.75, 3.05) is 27.2 Å². The number of hydrogen-bond donors (Lipinski definition) is 8. The highest BCUT2D eigenvalue weighted by atomic mass is 16.4. The van der Waals surface area contributed by atoms with Gasteiger partial charge >= 0.3 is 5.97 Å². The molecule has 0 spiro atoms. The number of nitrogens with two attached hydrogens (primary N) is 1. The molecule has 0 saturated carbocycles. The average molecular weight is 908 g/mol. The van der Waals surface area contributed by atoms with E-state index in [0.29, 0.717) is 31.4 Å². The molecule has 0 radical (unpaired) electrons. The lowest BCUT2D eigenvalue weighted by molar-refractivity contribution is -0.143. The summed E-state index contributed by atoms with van der Waals surface area (Å²) in [6.45, 7) is 4.70. The fraction of sp³-hybridized carbons (Fsp3) is 0.604. The molecule has 0 saturated heterocycles. The number of carboxylic acids is 1. The molecule has 17 nitrogen and oxygen atoms in total. The molecule has 1 aliphatic heterocycles. The number of carbonyl (C=O) groups excluding carboxylic acids is 6. The first-order valence-corrected chi connectivity index (χ1v) is 23.3. The highest BCUT2D eigenvalue weighted by Gasteiger charge is 2.34. The van der Waals surface area contributed by atoms with Crippen LogP contribution in [-0.2, 0) is 40.0 Å². The Morgan fingerprint density at radius 1 is 0.769 bits per heavy atom. The van der Waals surface area contributed by atoms with Gasteiger partial charge in [-0.25, -0.2) is 4.79 Å². The lowest BCUT2D eigenvalue weighted by Gasteiger charge is -2.30. The molecule has 65 heavy (non-hydrogen) atoms. The number of amides is 6. The molecule has 1 heterocycles. The molecule has 0 aromatic heterocycles. The van der Waals surface area contributed by atoms with Crippen molar-refractivity contribution >= 4 is 41.4 Å². The van der Waals surface area contributed by atoms with Crippen LogP contribution in [0.5, 0.6) is 11.5 Å². The number of carbonyl (C=O) groups is 7. The fourth-order valence-electron chi connectivity index (χ4n) is 7.92. The summed E-state index contributed by atoms with van der Waals surface area (Å²) in [5, 5.41) is 41.6. The molecule has 2 aromatic rings. The standard InChI is InChI=1S/C48H73N7O10/c1-6-7-8-9-10-11-12-13-14-15-16-17-18-21-41(58)54(4)38(20-19-26-49)46(62)51-31(2)44(60)50-30-42(59)55(5)43-34-23-25-40(57)36(29-34)35-27-33(22-24-39(35)56)28-37(48(64)65)53-45(61)32(3)52-47(43)63/h22-25,27,29,31-32,37-38,43,56-57H,6-21,26,28,30,49H2,1-5H3,(H,50,60)(H,51,62)(H,52,63)(H,53,61)(H,64,65)/t31-,32+,37+,38-,43+/m1/s1. The molecule has 360 valence electrons. The van der Waals surface area contributed by atoms with E-state index in [-0.39, 0.29) is 46.9 Å². The normalized spacial score (nSPS) is 17.1. The highest BCUT2D eigenvalue weighted by molar-refractivity contribution is 5.96. The van der Waals surface area contributed by atoms with Gasteiger partial charge in [-0.15, -0.1) is 0 Å². The number of aromatic hydroxyl groups is 2. The van der Waals surface area contributed by atoms with Crippen LogP contribution in [0.15, 0.2) is 36.4 Å². The van der Waals surface area contributed by atoms with Crippen molar-refractivity contribution in [1.29, 1.82) is 0 Å². The molecule has 6 amide bonds. The van der Waals surface area contributed by atoms with Gasteiger partial charge in [0.25, 0.3) is 0 Å². The minimum Gasteiger partial charge on any atom is -0.507 e. The first-order chi connectivity index (χ1) is 31.0. The number of carboxylic acid groups (broad SMARTS) is 1. The number of likely N-dealkylation sites (N-methyl/N-ethyl adjacent to an activating group) is 2. The van der Waals surface area contributed by atoms with Crippen molar-refractivity contribution in [3.05, 3.63) is 47.5 Å². The summed E-state index contributed by atoms with van der Waals surface area (Å²) < 4.78 is 0. The number of hydrogen-bond acceptors (Lipinski definition) is 10. The maximum atomic E-state index is 13.9. The van der Waals surface area contributed by atoms with Crippen molar-refractivity contribution < 1.29 is 48.9 Å². The third-order valence-electron chi connectivity index (χ3n) is 12.0. The summed E-state index contributed by atoms with van der Waals surface area (Å²) >= 11 is 0. The monoisotopic (exact) mass is 908 g/mol. The molecule has 2 aromatic carbocycles. The van der Waals surface area contributed by atoms with Crippen LogP contribution in [0.4, 0.5) is 0 Å². The molecule has 5 atom stereocenters. The second kappa shape index (κ2) is 27.6. The number of rotatable bonds is 25. The minimum absolute atomic E-state index is 0.0797. The SMILES string of the molecule is CCCCCCCCCCCCCCCC(=O)N(C)[C@H](CCCN)C(=O)N[C@H](C)C(=O)NCC(=O)N(C)[C@@H]1C(=O)N[C@@H](C)C(=O)N[C@H](C(=O)O)Cc2ccc(O)c(c2)-c2cc1ccc2O. The first-order valence-electron chi connectivity index (χ1n) is 23.3. The first kappa shape index (κ1) is 53.6. The topological polar surface area (TPSA) is 261 Å². The molecule has 1 aliphatic rings. The summed E-state index contributed by atoms with van der Waals surface area (Å²) in [5.74, 6) is -5.72. The van der Waals surface area contributed by atoms with E-state index in [1.807, 2.05) is 0 Å². The van der Waals surface area contributed by atoms with E-state index in [2.05, 4.69) is 28.2 Å². The van der Waals surface area contributed by atoms with Crippen molar-refractivity contribution in [3.8, 4) is 22.6 Å². The van der Waals surface area contributed by atoms with Crippen molar-refractivity contribution in [3.63, 3.8) is 0 Å². The quantitative estimate of drug-likeness (QED) is 0.0641. The van der Waals surface area contributed by atoms with E-state index >= 15 is 0 Å². The van der Waals surface area contributed by atoms with Gasteiger partial charge in [-0.05, 0) is 75.0 Å². The Morgan fingerprint density at radius 2 is 1.34 bits per heavy atom. The van der Waals surface area contributed by atoms with Crippen LogP contribution in [0.3, 0.4) is 0 Å². The van der Waals surface area contributed by atoms with Gasteiger partial charge in [-0.3, -0.25) is 28.8 Å². The van der Waals surface area contributed by atoms with Gasteiger partial charge in [-0.2, -0.15) is 0 Å². The Labute approximate surface area is 383 Å². The number of phenols is 2. The van der Waals surface area contributed by atoms with E-state index in [0.717, 1.165) is 24.2 Å². The molecule has 4 bridgehead atoms. The lowest BCUT2D eigenvalue weighted by atomic mass is 9.94. The molecular formula is C48H73N7O10. The minimum atomic E-state index is -1.45. The molecule has 0 aliphatic carbocycles. The van der Waals surface area contributed by atoms with Gasteiger partial charge in [0.1, 0.15) is 41.7 Å². The molecular weight excluding hydrogens is 835 g/mol. The van der Waals surface area contributed by atoms with Gasteiger partial charge in [0.2, 0.25) is 35.4 Å². The second-order valence-electron chi connectivity index (χ2n) is 17.3. The maximum absolute atomic E-state index is 13.9. The van der Waals surface area contributed by atoms with Crippen LogP contribution in [0.25, 0.3) is 11.1 Å². The van der Waals surface area contributed by atoms with Crippen molar-refractivity contribution in [2.24, 2.45) is 5.73 Å². The Balaban J connectivity index is 1.63. The zero-order valence-electron chi connectivity index (χ0n) is 39.0. The van der Waals surface area contributed by atoms with Crippen molar-refractivity contribution in [1.82, 2.24) is 31.1 Å². The third kappa shape index (κ3) is 17.0. The van der Waals surface area contributed by atoms with Gasteiger partial charge in [-0.1, -0.05) is 96.1 Å². The van der Waals surface area contributed by atoms with Crippen LogP contribution in [0.2, 0.25) is 0 Å². The van der Waals surface area contributed by atoms with Crippen LogP contribution < -0.4 is 27.0 Å². The lowest BCUT2D eigenvalue weighted by Crippen LogP contribution is -2.55. The number of unbranched alkanes of at least 4 members (excludes halogenated alkanes) is 12. The summed E-state index contributed by atoms with van der Waals surface area (Å²) in [7, 11) is 2.87. The Kier molecular flexibility index (Phi) is 22.8. The number of phenolic OH excluding ortho intramolecular Hbond substituents is 2. The predicted molar refractivity (Wildman–Crippen MR) is 247 cm³/mol. The Hall–Kier alpha value is -5.71. The fourth-order valence-corrected chi connectivity index (χ4v) is 7.92. The summed E-state index contributed by atoms with van der Waals surface area (Å²) in [6.07, 6.45) is 16.3. The van der Waals surface area contributed by atoms with Crippen molar-refractivity contribution in [2.45, 2.75) is 160 Å². The molecule has 3 rings (SSSR count). The van der Waals surface area contributed by atoms with E-state index in [9.17, 15) is 48.9 Å². The van der Waals surface area contributed by atoms with Gasteiger partial charge in [0, 0.05) is 38.1 Å². The zero-order chi connectivity index (χ0) is 48.1. The van der Waals surface area contributed by atoms with Crippen LogP contribution in [0.1, 0.15) is 141 Å². The molecule has 0 unspecified atom stereocenters. The predicted octanol–water partition coefficient (Wildman–Crippen LogP) is 4.56. The smallest absolute Gasteiger partial charge is 0.326 e. The summed E-state index contributed by atoms with van der Waals surface area (Å²) in [5.41, 5.74) is 6.53. The molecule has 9 N–H and O–H groups in total. The Bertz CT molecular complexity index is 1930.